The molecule has 0 fully saturated rings. The molecule has 176 valence electrons. The van der Waals surface area contributed by atoms with Crippen LogP contribution in [-0.2, 0) is 0 Å². The molecule has 0 aliphatic heterocycles. The summed E-state index contributed by atoms with van der Waals surface area (Å²) in [6, 6.07) is 14.3. The van der Waals surface area contributed by atoms with Crippen molar-refractivity contribution in [3.8, 4) is 28.7 Å². The van der Waals surface area contributed by atoms with Crippen molar-refractivity contribution >= 4 is 0 Å². The number of hydrogen-bond acceptors (Lipinski definition) is 3. The molecule has 0 bridgehead atoms. The second kappa shape index (κ2) is 9.91. The molecule has 3 aromatic carbocycles. The van der Waals surface area contributed by atoms with E-state index in [9.17, 15) is 5.11 Å². The molecule has 3 heteroatoms. The summed E-state index contributed by atoms with van der Waals surface area (Å²) >= 11 is 0. The second-order valence-electron chi connectivity index (χ2n) is 10.00. The molecule has 0 aromatic heterocycles. The van der Waals surface area contributed by atoms with Crippen molar-refractivity contribution in [3.05, 3.63) is 75.8 Å². The van der Waals surface area contributed by atoms with E-state index in [1.807, 2.05) is 19.1 Å². The molecule has 0 heterocycles. The monoisotopic (exact) mass is 446 g/mol. The SMILES string of the molecule is Cc1cc(O)c(C(C)C)c(Oc2ccc(C(C)C)c(C)c2Oc2cc(C(C)C)ccc2C)c1. The molecule has 0 saturated heterocycles. The van der Waals surface area contributed by atoms with Gasteiger partial charge in [-0.05, 0) is 90.6 Å². The maximum absolute atomic E-state index is 10.6. The van der Waals surface area contributed by atoms with Gasteiger partial charge >= 0.3 is 0 Å². The number of hydrogen-bond donors (Lipinski definition) is 1. The van der Waals surface area contributed by atoms with Gasteiger partial charge in [-0.3, -0.25) is 0 Å². The van der Waals surface area contributed by atoms with Crippen LogP contribution >= 0.6 is 0 Å². The maximum atomic E-state index is 10.6. The lowest BCUT2D eigenvalue weighted by atomic mass is 9.96. The van der Waals surface area contributed by atoms with Crippen molar-refractivity contribution in [2.24, 2.45) is 0 Å². The van der Waals surface area contributed by atoms with Crippen LogP contribution in [0.3, 0.4) is 0 Å². The van der Waals surface area contributed by atoms with E-state index in [-0.39, 0.29) is 11.7 Å². The lowest BCUT2D eigenvalue weighted by Gasteiger charge is -2.22. The molecule has 3 aromatic rings. The van der Waals surface area contributed by atoms with Crippen LogP contribution < -0.4 is 9.47 Å². The first-order valence-electron chi connectivity index (χ1n) is 11.9. The average Bonchev–Trinajstić information content (AvgIpc) is 2.70. The molecule has 33 heavy (non-hydrogen) atoms. The van der Waals surface area contributed by atoms with Crippen LogP contribution in [0.4, 0.5) is 0 Å². The van der Waals surface area contributed by atoms with E-state index >= 15 is 0 Å². The molecule has 0 unspecified atom stereocenters. The van der Waals surface area contributed by atoms with Gasteiger partial charge in [-0.1, -0.05) is 59.7 Å². The summed E-state index contributed by atoms with van der Waals surface area (Å²) in [5, 5.41) is 10.6. The molecule has 0 spiro atoms. The summed E-state index contributed by atoms with van der Waals surface area (Å²) in [4.78, 5) is 0. The molecular weight excluding hydrogens is 408 g/mol. The Morgan fingerprint density at radius 1 is 0.667 bits per heavy atom. The van der Waals surface area contributed by atoms with Crippen LogP contribution in [-0.4, -0.2) is 5.11 Å². The van der Waals surface area contributed by atoms with Gasteiger partial charge in [-0.25, -0.2) is 0 Å². The molecule has 0 amide bonds. The van der Waals surface area contributed by atoms with Gasteiger partial charge in [0.05, 0.1) is 0 Å². The Morgan fingerprint density at radius 2 is 1.36 bits per heavy atom. The van der Waals surface area contributed by atoms with E-state index in [0.717, 1.165) is 33.8 Å². The normalized spacial score (nSPS) is 11.5. The van der Waals surface area contributed by atoms with Crippen LogP contribution in [0, 0.1) is 20.8 Å². The quantitative estimate of drug-likeness (QED) is 0.393. The van der Waals surface area contributed by atoms with Crippen LogP contribution in [0.1, 0.15) is 92.7 Å². The zero-order valence-electron chi connectivity index (χ0n) is 21.5. The fourth-order valence-corrected chi connectivity index (χ4v) is 4.24. The summed E-state index contributed by atoms with van der Waals surface area (Å²) in [7, 11) is 0. The molecular formula is C30H38O3. The summed E-state index contributed by atoms with van der Waals surface area (Å²) in [6.45, 7) is 19.0. The highest BCUT2D eigenvalue weighted by Crippen LogP contribution is 2.45. The highest BCUT2D eigenvalue weighted by atomic mass is 16.5. The molecule has 0 aliphatic rings. The van der Waals surface area contributed by atoms with Crippen molar-refractivity contribution in [1.82, 2.24) is 0 Å². The highest BCUT2D eigenvalue weighted by Gasteiger charge is 2.21. The number of aromatic hydroxyl groups is 1. The van der Waals surface area contributed by atoms with Crippen LogP contribution in [0.2, 0.25) is 0 Å². The third-order valence-corrected chi connectivity index (χ3v) is 6.19. The first kappa shape index (κ1) is 24.7. The largest absolute Gasteiger partial charge is 0.508 e. The van der Waals surface area contributed by atoms with E-state index < -0.39 is 0 Å². The highest BCUT2D eigenvalue weighted by molar-refractivity contribution is 5.57. The lowest BCUT2D eigenvalue weighted by Crippen LogP contribution is -2.02. The molecule has 1 N–H and O–H groups in total. The molecule has 0 saturated carbocycles. The Hall–Kier alpha value is -2.94. The standard InChI is InChI=1S/C30H38O3/c1-17(2)23-11-10-21(8)27(16-23)33-30-22(9)24(18(3)4)12-13-26(30)32-28-15-20(7)14-25(31)29(28)19(5)6/h10-19,31H,1-9H3. The third kappa shape index (κ3) is 5.35. The van der Waals surface area contributed by atoms with Gasteiger partial charge in [-0.2, -0.15) is 0 Å². The molecule has 0 atom stereocenters. The second-order valence-corrected chi connectivity index (χ2v) is 10.00. The van der Waals surface area contributed by atoms with Crippen LogP contribution in [0.15, 0.2) is 42.5 Å². The van der Waals surface area contributed by atoms with Gasteiger partial charge in [0, 0.05) is 5.56 Å². The maximum Gasteiger partial charge on any atom is 0.173 e. The van der Waals surface area contributed by atoms with Crippen molar-refractivity contribution < 1.29 is 14.6 Å². The van der Waals surface area contributed by atoms with E-state index in [1.54, 1.807) is 6.07 Å². The van der Waals surface area contributed by atoms with E-state index in [1.165, 1.54) is 11.1 Å². The Labute approximate surface area is 199 Å². The number of benzene rings is 3. The zero-order valence-corrected chi connectivity index (χ0v) is 21.5. The zero-order chi connectivity index (χ0) is 24.4. The Balaban J connectivity index is 2.16. The number of phenols is 1. The Kier molecular flexibility index (Phi) is 7.41. The first-order chi connectivity index (χ1) is 15.5. The average molecular weight is 447 g/mol. The number of phenolic OH excluding ortho intramolecular Hbond substituents is 1. The van der Waals surface area contributed by atoms with Crippen molar-refractivity contribution in [3.63, 3.8) is 0 Å². The molecule has 3 rings (SSSR count). The van der Waals surface area contributed by atoms with Crippen molar-refractivity contribution in [2.75, 3.05) is 0 Å². The fraction of sp³-hybridized carbons (Fsp3) is 0.400. The van der Waals surface area contributed by atoms with Gasteiger partial charge in [-0.15, -0.1) is 0 Å². The van der Waals surface area contributed by atoms with E-state index in [2.05, 4.69) is 79.7 Å². The predicted molar refractivity (Wildman–Crippen MR) is 138 cm³/mol. The number of ether oxygens (including phenoxy) is 2. The van der Waals surface area contributed by atoms with Crippen molar-refractivity contribution in [2.45, 2.75) is 80.1 Å². The van der Waals surface area contributed by atoms with E-state index in [0.29, 0.717) is 23.3 Å². The third-order valence-electron chi connectivity index (χ3n) is 6.19. The van der Waals surface area contributed by atoms with Crippen LogP contribution in [0.5, 0.6) is 28.7 Å². The smallest absolute Gasteiger partial charge is 0.173 e. The summed E-state index contributed by atoms with van der Waals surface area (Å²) in [6.07, 6.45) is 0. The predicted octanol–water partition coefficient (Wildman–Crippen LogP) is 9.27. The van der Waals surface area contributed by atoms with Gasteiger partial charge in [0.1, 0.15) is 17.2 Å². The summed E-state index contributed by atoms with van der Waals surface area (Å²) < 4.78 is 13.1. The Bertz CT molecular complexity index is 1140. The minimum atomic E-state index is 0.117. The minimum Gasteiger partial charge on any atom is -0.508 e. The summed E-state index contributed by atoms with van der Waals surface area (Å²) in [5.41, 5.74) is 6.36. The number of aryl methyl sites for hydroxylation is 2. The molecule has 0 radical (unpaired) electrons. The molecule has 0 aliphatic carbocycles. The fourth-order valence-electron chi connectivity index (χ4n) is 4.24. The van der Waals surface area contributed by atoms with Crippen LogP contribution in [0.25, 0.3) is 0 Å². The van der Waals surface area contributed by atoms with E-state index in [4.69, 9.17) is 9.47 Å². The summed E-state index contributed by atoms with van der Waals surface area (Å²) in [5.74, 6) is 4.03. The topological polar surface area (TPSA) is 38.7 Å². The van der Waals surface area contributed by atoms with Gasteiger partial charge in [0.15, 0.2) is 11.5 Å². The Morgan fingerprint density at radius 3 is 1.97 bits per heavy atom. The van der Waals surface area contributed by atoms with Crippen molar-refractivity contribution in [1.29, 1.82) is 0 Å². The minimum absolute atomic E-state index is 0.117. The van der Waals surface area contributed by atoms with Gasteiger partial charge in [0.25, 0.3) is 0 Å². The lowest BCUT2D eigenvalue weighted by molar-refractivity contribution is 0.403. The molecule has 3 nitrogen and oxygen atoms in total. The number of rotatable bonds is 7. The van der Waals surface area contributed by atoms with Gasteiger partial charge < -0.3 is 14.6 Å². The van der Waals surface area contributed by atoms with Gasteiger partial charge in [0.2, 0.25) is 0 Å². The first-order valence-corrected chi connectivity index (χ1v) is 11.9.